The predicted molar refractivity (Wildman–Crippen MR) is 54.7 cm³/mol. The van der Waals surface area contributed by atoms with Crippen LogP contribution >= 0.6 is 0 Å². The summed E-state index contributed by atoms with van der Waals surface area (Å²) in [5, 5.41) is 8.50. The molecular weight excluding hydrogens is 198 g/mol. The van der Waals surface area contributed by atoms with Crippen LogP contribution in [-0.2, 0) is 14.3 Å². The molecule has 0 aromatic carbocycles. The third kappa shape index (κ3) is 5.11. The Morgan fingerprint density at radius 2 is 2.20 bits per heavy atom. The van der Waals surface area contributed by atoms with Crippen LogP contribution in [0.3, 0.4) is 0 Å². The van der Waals surface area contributed by atoms with Crippen molar-refractivity contribution in [2.75, 3.05) is 27.2 Å². The lowest BCUT2D eigenvalue weighted by molar-refractivity contribution is -0.139. The van der Waals surface area contributed by atoms with E-state index in [4.69, 9.17) is 14.6 Å². The van der Waals surface area contributed by atoms with Gasteiger partial charge in [-0.1, -0.05) is 0 Å². The molecule has 15 heavy (non-hydrogen) atoms. The number of carboxylic acid groups (broad SMARTS) is 1. The fraction of sp³-hybridized carbons (Fsp3) is 0.900. The number of ether oxygens (including phenoxy) is 2. The average Bonchev–Trinajstić information content (AvgIpc) is 2.59. The van der Waals surface area contributed by atoms with Crippen LogP contribution in [-0.4, -0.2) is 55.6 Å². The van der Waals surface area contributed by atoms with Gasteiger partial charge in [-0.2, -0.15) is 0 Å². The van der Waals surface area contributed by atoms with Gasteiger partial charge in [-0.05, 0) is 20.5 Å². The van der Waals surface area contributed by atoms with Crippen molar-refractivity contribution in [1.29, 1.82) is 0 Å². The number of hydrogen-bond acceptors (Lipinski definition) is 4. The molecule has 5 nitrogen and oxygen atoms in total. The summed E-state index contributed by atoms with van der Waals surface area (Å²) in [6.45, 7) is 1.54. The Kier molecular flexibility index (Phi) is 5.01. The van der Waals surface area contributed by atoms with Gasteiger partial charge in [0, 0.05) is 13.0 Å². The maximum atomic E-state index is 10.3. The molecule has 0 spiro atoms. The average molecular weight is 217 g/mol. The third-order valence-corrected chi connectivity index (χ3v) is 2.30. The lowest BCUT2D eigenvalue weighted by Crippen LogP contribution is -2.21. The van der Waals surface area contributed by atoms with Gasteiger partial charge in [0.25, 0.3) is 0 Å². The van der Waals surface area contributed by atoms with Gasteiger partial charge in [0.15, 0.2) is 6.29 Å². The summed E-state index contributed by atoms with van der Waals surface area (Å²) in [5.41, 5.74) is 0. The minimum absolute atomic E-state index is 0.102. The topological polar surface area (TPSA) is 59.0 Å². The van der Waals surface area contributed by atoms with Crippen molar-refractivity contribution in [3.8, 4) is 0 Å². The van der Waals surface area contributed by atoms with E-state index in [1.165, 1.54) is 0 Å². The second kappa shape index (κ2) is 6.05. The van der Waals surface area contributed by atoms with E-state index in [9.17, 15) is 4.79 Å². The van der Waals surface area contributed by atoms with Crippen LogP contribution in [0.25, 0.3) is 0 Å². The first-order valence-corrected chi connectivity index (χ1v) is 5.21. The molecule has 1 heterocycles. The normalized spacial score (nSPS) is 26.1. The highest BCUT2D eigenvalue weighted by atomic mass is 16.7. The number of nitrogens with zero attached hydrogens (tertiary/aromatic N) is 1. The quantitative estimate of drug-likeness (QED) is 0.704. The van der Waals surface area contributed by atoms with E-state index in [1.54, 1.807) is 0 Å². The lowest BCUT2D eigenvalue weighted by atomic mass is 10.2. The number of aliphatic carboxylic acids is 1. The largest absolute Gasteiger partial charge is 0.481 e. The van der Waals surface area contributed by atoms with Gasteiger partial charge < -0.3 is 19.5 Å². The van der Waals surface area contributed by atoms with E-state index in [0.29, 0.717) is 13.0 Å². The summed E-state index contributed by atoms with van der Waals surface area (Å²) < 4.78 is 10.9. The third-order valence-electron chi connectivity index (χ3n) is 2.30. The fourth-order valence-corrected chi connectivity index (χ4v) is 1.45. The van der Waals surface area contributed by atoms with Crippen LogP contribution in [0.5, 0.6) is 0 Å². The zero-order valence-electron chi connectivity index (χ0n) is 9.31. The Balaban J connectivity index is 2.12. The lowest BCUT2D eigenvalue weighted by Gasteiger charge is -2.13. The second-order valence-corrected chi connectivity index (χ2v) is 4.05. The number of carbonyl (C=O) groups is 1. The first-order chi connectivity index (χ1) is 7.08. The molecule has 2 unspecified atom stereocenters. The Bertz CT molecular complexity index is 208. The van der Waals surface area contributed by atoms with Gasteiger partial charge in [0.2, 0.25) is 0 Å². The van der Waals surface area contributed by atoms with Gasteiger partial charge in [0.1, 0.15) is 0 Å². The van der Waals surface area contributed by atoms with Crippen molar-refractivity contribution >= 4 is 5.97 Å². The van der Waals surface area contributed by atoms with Crippen LogP contribution in [0, 0.1) is 0 Å². The van der Waals surface area contributed by atoms with Gasteiger partial charge in [-0.25, -0.2) is 0 Å². The number of carboxylic acids is 1. The summed E-state index contributed by atoms with van der Waals surface area (Å²) in [5.74, 6) is -0.807. The monoisotopic (exact) mass is 217 g/mol. The number of rotatable bonds is 6. The van der Waals surface area contributed by atoms with Gasteiger partial charge >= 0.3 is 5.97 Å². The smallest absolute Gasteiger partial charge is 0.303 e. The zero-order chi connectivity index (χ0) is 11.3. The molecule has 0 aromatic heterocycles. The van der Waals surface area contributed by atoms with Gasteiger partial charge in [0.05, 0.1) is 19.1 Å². The van der Waals surface area contributed by atoms with Gasteiger partial charge in [-0.15, -0.1) is 0 Å². The van der Waals surface area contributed by atoms with Crippen molar-refractivity contribution in [2.24, 2.45) is 0 Å². The summed E-state index contributed by atoms with van der Waals surface area (Å²) in [4.78, 5) is 12.4. The van der Waals surface area contributed by atoms with Crippen molar-refractivity contribution in [1.82, 2.24) is 4.90 Å². The second-order valence-electron chi connectivity index (χ2n) is 4.05. The summed E-state index contributed by atoms with van der Waals surface area (Å²) in [6.07, 6.45) is 1.26. The van der Waals surface area contributed by atoms with E-state index in [2.05, 4.69) is 4.90 Å². The molecule has 1 aliphatic heterocycles. The van der Waals surface area contributed by atoms with Crippen LogP contribution in [0.1, 0.15) is 19.3 Å². The summed E-state index contributed by atoms with van der Waals surface area (Å²) in [6, 6.07) is 0. The van der Waals surface area contributed by atoms with Crippen molar-refractivity contribution in [3.63, 3.8) is 0 Å². The molecule has 0 aliphatic carbocycles. The molecule has 1 N–H and O–H groups in total. The molecule has 0 aromatic rings. The molecule has 2 atom stereocenters. The zero-order valence-corrected chi connectivity index (χ0v) is 9.31. The molecule has 88 valence electrons. The Morgan fingerprint density at radius 1 is 1.47 bits per heavy atom. The number of hydrogen-bond donors (Lipinski definition) is 1. The highest BCUT2D eigenvalue weighted by Gasteiger charge is 2.25. The summed E-state index contributed by atoms with van der Waals surface area (Å²) >= 11 is 0. The van der Waals surface area contributed by atoms with Crippen molar-refractivity contribution < 1.29 is 19.4 Å². The first-order valence-electron chi connectivity index (χ1n) is 5.21. The molecule has 5 heteroatoms. The Morgan fingerprint density at radius 3 is 2.80 bits per heavy atom. The molecular formula is C10H19NO4. The molecule has 1 saturated heterocycles. The predicted octanol–water partition coefficient (Wildman–Crippen LogP) is 0.544. The molecule has 1 rings (SSSR count). The Labute approximate surface area is 90.0 Å². The van der Waals surface area contributed by atoms with Gasteiger partial charge in [-0.3, -0.25) is 4.79 Å². The standard InChI is InChI=1S/C10H19NO4/c1-11(2)6-5-8-7-14-10(15-8)4-3-9(12)13/h8,10H,3-7H2,1-2H3,(H,12,13). The van der Waals surface area contributed by atoms with E-state index < -0.39 is 5.97 Å². The highest BCUT2D eigenvalue weighted by molar-refractivity contribution is 5.66. The molecule has 0 saturated carbocycles. The maximum absolute atomic E-state index is 10.3. The van der Waals surface area contributed by atoms with Crippen LogP contribution < -0.4 is 0 Å². The van der Waals surface area contributed by atoms with E-state index in [1.807, 2.05) is 14.1 Å². The minimum Gasteiger partial charge on any atom is -0.481 e. The van der Waals surface area contributed by atoms with Crippen LogP contribution in [0.15, 0.2) is 0 Å². The van der Waals surface area contributed by atoms with Crippen LogP contribution in [0.4, 0.5) is 0 Å². The first kappa shape index (κ1) is 12.4. The molecule has 0 bridgehead atoms. The minimum atomic E-state index is -0.807. The molecule has 1 aliphatic rings. The summed E-state index contributed by atoms with van der Waals surface area (Å²) in [7, 11) is 4.02. The molecule has 1 fully saturated rings. The van der Waals surface area contributed by atoms with E-state index >= 15 is 0 Å². The van der Waals surface area contributed by atoms with Crippen molar-refractivity contribution in [3.05, 3.63) is 0 Å². The molecule has 0 radical (unpaired) electrons. The van der Waals surface area contributed by atoms with E-state index in [0.717, 1.165) is 13.0 Å². The van der Waals surface area contributed by atoms with Crippen molar-refractivity contribution in [2.45, 2.75) is 31.7 Å². The fourth-order valence-electron chi connectivity index (χ4n) is 1.45. The maximum Gasteiger partial charge on any atom is 0.303 e. The van der Waals surface area contributed by atoms with Crippen LogP contribution in [0.2, 0.25) is 0 Å². The highest BCUT2D eigenvalue weighted by Crippen LogP contribution is 2.18. The SMILES string of the molecule is CN(C)CCC1COC(CCC(=O)O)O1. The molecule has 0 amide bonds. The Hall–Kier alpha value is -0.650. The van der Waals surface area contributed by atoms with E-state index in [-0.39, 0.29) is 18.8 Å².